The highest BCUT2D eigenvalue weighted by molar-refractivity contribution is 8.00. The lowest BCUT2D eigenvalue weighted by atomic mass is 9.84. The van der Waals surface area contributed by atoms with Gasteiger partial charge in [-0.15, -0.1) is 0 Å². The maximum absolute atomic E-state index is 3.66. The molecule has 1 saturated heterocycles. The van der Waals surface area contributed by atoms with E-state index in [0.717, 1.165) is 11.8 Å². The predicted molar refractivity (Wildman–Crippen MR) is 84.5 cm³/mol. The van der Waals surface area contributed by atoms with Crippen molar-refractivity contribution in [2.24, 2.45) is 5.41 Å². The predicted octanol–water partition coefficient (Wildman–Crippen LogP) is 3.23. The van der Waals surface area contributed by atoms with Crippen molar-refractivity contribution in [3.63, 3.8) is 0 Å². The molecule has 108 valence electrons. The monoisotopic (exact) mass is 272 g/mol. The largest absolute Gasteiger partial charge is 0.314 e. The Bertz CT molecular complexity index is 225. The first-order valence-corrected chi connectivity index (χ1v) is 8.59. The Morgan fingerprint density at radius 2 is 2.06 bits per heavy atom. The fourth-order valence-electron chi connectivity index (χ4n) is 2.63. The van der Waals surface area contributed by atoms with Gasteiger partial charge in [0.25, 0.3) is 0 Å². The minimum absolute atomic E-state index is 0.366. The quantitative estimate of drug-likeness (QED) is 0.799. The van der Waals surface area contributed by atoms with Gasteiger partial charge in [-0.25, -0.2) is 0 Å². The molecule has 1 N–H and O–H groups in total. The molecule has 0 aromatic heterocycles. The molecular weight excluding hydrogens is 240 g/mol. The number of rotatable bonds is 6. The summed E-state index contributed by atoms with van der Waals surface area (Å²) in [6.45, 7) is 16.5. The summed E-state index contributed by atoms with van der Waals surface area (Å²) in [5.74, 6) is 1.32. The summed E-state index contributed by atoms with van der Waals surface area (Å²) in [7, 11) is 0. The molecule has 0 amide bonds. The maximum atomic E-state index is 3.66. The van der Waals surface area contributed by atoms with E-state index in [4.69, 9.17) is 0 Å². The van der Waals surface area contributed by atoms with Gasteiger partial charge in [-0.2, -0.15) is 11.8 Å². The van der Waals surface area contributed by atoms with E-state index in [9.17, 15) is 0 Å². The van der Waals surface area contributed by atoms with Crippen LogP contribution in [0.4, 0.5) is 0 Å². The maximum Gasteiger partial charge on any atom is 0.0172 e. The standard InChI is InChI=1S/C15H32N2S/c1-6-13-12-17(10-11-18-13)9-8-14(16-7-2)15(3,4)5/h13-14,16H,6-12H2,1-5H3. The van der Waals surface area contributed by atoms with Crippen LogP contribution >= 0.6 is 11.8 Å². The average Bonchev–Trinajstić information content (AvgIpc) is 2.33. The molecule has 0 aromatic carbocycles. The molecule has 0 saturated carbocycles. The van der Waals surface area contributed by atoms with Gasteiger partial charge in [0.15, 0.2) is 0 Å². The van der Waals surface area contributed by atoms with E-state index in [1.165, 1.54) is 38.2 Å². The minimum Gasteiger partial charge on any atom is -0.314 e. The molecule has 2 nitrogen and oxygen atoms in total. The molecule has 3 heteroatoms. The number of thioether (sulfide) groups is 1. The summed E-state index contributed by atoms with van der Waals surface area (Å²) in [5, 5.41) is 4.52. The van der Waals surface area contributed by atoms with E-state index < -0.39 is 0 Å². The molecule has 1 rings (SSSR count). The molecule has 1 aliphatic rings. The van der Waals surface area contributed by atoms with Gasteiger partial charge in [-0.3, -0.25) is 0 Å². The smallest absolute Gasteiger partial charge is 0.0172 e. The third-order valence-electron chi connectivity index (χ3n) is 3.91. The van der Waals surface area contributed by atoms with Gasteiger partial charge in [0.1, 0.15) is 0 Å². The molecule has 18 heavy (non-hydrogen) atoms. The third-order valence-corrected chi connectivity index (χ3v) is 5.28. The molecule has 0 aliphatic carbocycles. The van der Waals surface area contributed by atoms with Crippen molar-refractivity contribution in [2.45, 2.75) is 58.8 Å². The van der Waals surface area contributed by atoms with E-state index >= 15 is 0 Å². The van der Waals surface area contributed by atoms with Crippen LogP contribution < -0.4 is 5.32 Å². The normalized spacial score (nSPS) is 24.2. The Hall–Kier alpha value is 0.270. The molecule has 1 fully saturated rings. The van der Waals surface area contributed by atoms with Crippen LogP contribution in [0.25, 0.3) is 0 Å². The van der Waals surface area contributed by atoms with E-state index in [2.05, 4.69) is 56.6 Å². The Morgan fingerprint density at radius 1 is 1.33 bits per heavy atom. The molecule has 1 aliphatic heterocycles. The third kappa shape index (κ3) is 5.50. The molecule has 0 radical (unpaired) electrons. The van der Waals surface area contributed by atoms with Crippen molar-refractivity contribution in [1.82, 2.24) is 10.2 Å². The Balaban J connectivity index is 2.37. The lowest BCUT2D eigenvalue weighted by Gasteiger charge is -2.36. The first kappa shape index (κ1) is 16.3. The van der Waals surface area contributed by atoms with Gasteiger partial charge in [0.2, 0.25) is 0 Å². The summed E-state index contributed by atoms with van der Waals surface area (Å²) >= 11 is 2.16. The number of nitrogens with one attached hydrogen (secondary N) is 1. The summed E-state index contributed by atoms with van der Waals surface area (Å²) in [4.78, 5) is 2.67. The Morgan fingerprint density at radius 3 is 2.61 bits per heavy atom. The zero-order valence-corrected chi connectivity index (χ0v) is 13.8. The van der Waals surface area contributed by atoms with Crippen LogP contribution in [0, 0.1) is 5.41 Å². The van der Waals surface area contributed by atoms with Crippen LogP contribution in [-0.2, 0) is 0 Å². The first-order valence-electron chi connectivity index (χ1n) is 7.54. The van der Waals surface area contributed by atoms with Crippen LogP contribution in [0.1, 0.15) is 47.5 Å². The van der Waals surface area contributed by atoms with Crippen molar-refractivity contribution in [3.8, 4) is 0 Å². The molecule has 0 bridgehead atoms. The van der Waals surface area contributed by atoms with Gasteiger partial charge in [-0.1, -0.05) is 34.6 Å². The number of hydrogen-bond donors (Lipinski definition) is 1. The van der Waals surface area contributed by atoms with E-state index in [1.807, 2.05) is 0 Å². The topological polar surface area (TPSA) is 15.3 Å². The van der Waals surface area contributed by atoms with Gasteiger partial charge < -0.3 is 10.2 Å². The summed E-state index contributed by atoms with van der Waals surface area (Å²) in [6, 6.07) is 0.636. The molecule has 2 unspecified atom stereocenters. The first-order chi connectivity index (χ1) is 8.47. The zero-order chi connectivity index (χ0) is 13.6. The van der Waals surface area contributed by atoms with Gasteiger partial charge in [-0.05, 0) is 31.3 Å². The molecule has 0 spiro atoms. The van der Waals surface area contributed by atoms with Crippen LogP contribution in [0.15, 0.2) is 0 Å². The van der Waals surface area contributed by atoms with Crippen molar-refractivity contribution in [2.75, 3.05) is 31.9 Å². The lowest BCUT2D eigenvalue weighted by molar-refractivity contribution is 0.208. The van der Waals surface area contributed by atoms with Crippen LogP contribution in [-0.4, -0.2) is 48.1 Å². The van der Waals surface area contributed by atoms with Crippen molar-refractivity contribution in [3.05, 3.63) is 0 Å². The van der Waals surface area contributed by atoms with E-state index in [-0.39, 0.29) is 0 Å². The average molecular weight is 273 g/mol. The van der Waals surface area contributed by atoms with E-state index in [1.54, 1.807) is 0 Å². The fourth-order valence-corrected chi connectivity index (χ4v) is 3.88. The molecule has 2 atom stereocenters. The van der Waals surface area contributed by atoms with Gasteiger partial charge in [0, 0.05) is 30.1 Å². The number of nitrogens with zero attached hydrogens (tertiary/aromatic N) is 1. The zero-order valence-electron chi connectivity index (χ0n) is 13.0. The molecular formula is C15H32N2S. The van der Waals surface area contributed by atoms with Gasteiger partial charge >= 0.3 is 0 Å². The van der Waals surface area contributed by atoms with Gasteiger partial charge in [0.05, 0.1) is 0 Å². The van der Waals surface area contributed by atoms with Crippen LogP contribution in [0.2, 0.25) is 0 Å². The highest BCUT2D eigenvalue weighted by Gasteiger charge is 2.25. The summed E-state index contributed by atoms with van der Waals surface area (Å²) in [5.41, 5.74) is 0.366. The number of hydrogen-bond acceptors (Lipinski definition) is 3. The second kappa shape index (κ2) is 7.76. The lowest BCUT2D eigenvalue weighted by Crippen LogP contribution is -2.45. The molecule has 0 aromatic rings. The van der Waals surface area contributed by atoms with E-state index in [0.29, 0.717) is 11.5 Å². The van der Waals surface area contributed by atoms with Crippen LogP contribution in [0.3, 0.4) is 0 Å². The fraction of sp³-hybridized carbons (Fsp3) is 1.00. The highest BCUT2D eigenvalue weighted by atomic mass is 32.2. The second-order valence-electron chi connectivity index (χ2n) is 6.47. The Labute approximate surface area is 118 Å². The van der Waals surface area contributed by atoms with Crippen molar-refractivity contribution in [1.29, 1.82) is 0 Å². The summed E-state index contributed by atoms with van der Waals surface area (Å²) < 4.78 is 0. The van der Waals surface area contributed by atoms with Crippen molar-refractivity contribution < 1.29 is 0 Å². The van der Waals surface area contributed by atoms with Crippen molar-refractivity contribution >= 4 is 11.8 Å². The SMILES string of the molecule is CCNC(CCN1CCSC(CC)C1)C(C)(C)C. The Kier molecular flexibility index (Phi) is 7.04. The van der Waals surface area contributed by atoms with Crippen LogP contribution in [0.5, 0.6) is 0 Å². The second-order valence-corrected chi connectivity index (χ2v) is 7.87. The highest BCUT2D eigenvalue weighted by Crippen LogP contribution is 2.24. The minimum atomic E-state index is 0.366. The summed E-state index contributed by atoms with van der Waals surface area (Å²) in [6.07, 6.45) is 2.59. The molecule has 1 heterocycles.